The molecule has 6 nitrogen and oxygen atoms in total. The molecule has 0 aliphatic rings. The molecule has 0 aliphatic heterocycles. The lowest BCUT2D eigenvalue weighted by Gasteiger charge is -2.11. The van der Waals surface area contributed by atoms with Gasteiger partial charge in [0.25, 0.3) is 0 Å². The summed E-state index contributed by atoms with van der Waals surface area (Å²) in [6.45, 7) is 3.11. The Morgan fingerprint density at radius 3 is 2.23 bits per heavy atom. The van der Waals surface area contributed by atoms with Crippen LogP contribution in [0.5, 0.6) is 0 Å². The second-order valence-electron chi connectivity index (χ2n) is 6.64. The van der Waals surface area contributed by atoms with E-state index in [1.54, 1.807) is 37.3 Å². The molecule has 154 valence electrons. The molecule has 0 amide bonds. The van der Waals surface area contributed by atoms with Crippen molar-refractivity contribution in [2.75, 3.05) is 13.7 Å². The summed E-state index contributed by atoms with van der Waals surface area (Å²) < 4.78 is 25.2. The third-order valence-electron chi connectivity index (χ3n) is 4.71. The van der Waals surface area contributed by atoms with Crippen LogP contribution < -0.4 is 0 Å². The molecular weight excluding hydrogens is 389 g/mol. The molecule has 1 heterocycles. The van der Waals surface area contributed by atoms with E-state index in [4.69, 9.17) is 9.47 Å². The summed E-state index contributed by atoms with van der Waals surface area (Å²) in [5.74, 6) is -2.43. The Hall–Kier alpha value is -3.74. The Morgan fingerprint density at radius 2 is 1.60 bits per heavy atom. The molecule has 30 heavy (non-hydrogen) atoms. The number of aromatic nitrogens is 1. The van der Waals surface area contributed by atoms with Crippen molar-refractivity contribution in [3.8, 4) is 5.69 Å². The van der Waals surface area contributed by atoms with Gasteiger partial charge in [-0.2, -0.15) is 0 Å². The van der Waals surface area contributed by atoms with Gasteiger partial charge in [-0.1, -0.05) is 12.1 Å². The summed E-state index contributed by atoms with van der Waals surface area (Å²) in [4.78, 5) is 36.3. The zero-order chi connectivity index (χ0) is 21.8. The molecule has 0 unspecified atom stereocenters. The van der Waals surface area contributed by atoms with Gasteiger partial charge in [0.2, 0.25) is 5.78 Å². The minimum absolute atomic E-state index is 0.221. The van der Waals surface area contributed by atoms with Crippen molar-refractivity contribution in [1.29, 1.82) is 0 Å². The summed E-state index contributed by atoms with van der Waals surface area (Å²) in [5, 5.41) is 0. The first kappa shape index (κ1) is 21.0. The summed E-state index contributed by atoms with van der Waals surface area (Å²) in [6, 6.07) is 13.9. The molecule has 0 fully saturated rings. The van der Waals surface area contributed by atoms with Crippen LogP contribution in [0.4, 0.5) is 4.39 Å². The summed E-state index contributed by atoms with van der Waals surface area (Å²) in [6.07, 6.45) is 0. The van der Waals surface area contributed by atoms with Gasteiger partial charge in [-0.05, 0) is 56.3 Å². The third kappa shape index (κ3) is 4.15. The standard InChI is InChI=1S/C23H20FNO5/c1-14-12-19(21(26)13-30-23(28)18-6-4-5-7-20(18)24)15(2)25(14)17-10-8-16(9-11-17)22(27)29-3/h4-12H,13H2,1-3H3. The van der Waals surface area contributed by atoms with E-state index in [1.165, 1.54) is 25.3 Å². The number of halogens is 1. The molecule has 0 saturated heterocycles. The van der Waals surface area contributed by atoms with Gasteiger partial charge >= 0.3 is 11.9 Å². The number of hydrogen-bond donors (Lipinski definition) is 0. The smallest absolute Gasteiger partial charge is 0.341 e. The molecule has 0 bridgehead atoms. The Kier molecular flexibility index (Phi) is 6.11. The monoisotopic (exact) mass is 409 g/mol. The van der Waals surface area contributed by atoms with Gasteiger partial charge in [0.05, 0.1) is 18.2 Å². The number of carbonyl (C=O) groups is 3. The maximum absolute atomic E-state index is 13.7. The van der Waals surface area contributed by atoms with Crippen LogP contribution in [0, 0.1) is 19.7 Å². The van der Waals surface area contributed by atoms with Crippen molar-refractivity contribution in [1.82, 2.24) is 4.57 Å². The Balaban J connectivity index is 1.78. The lowest BCUT2D eigenvalue weighted by molar-refractivity contribution is 0.0469. The minimum Gasteiger partial charge on any atom is -0.465 e. The van der Waals surface area contributed by atoms with Gasteiger partial charge in [0.1, 0.15) is 5.82 Å². The molecule has 3 rings (SSSR count). The van der Waals surface area contributed by atoms with Crippen LogP contribution in [0.2, 0.25) is 0 Å². The average Bonchev–Trinajstić information content (AvgIpc) is 3.05. The molecule has 0 N–H and O–H groups in total. The second kappa shape index (κ2) is 8.73. The zero-order valence-electron chi connectivity index (χ0n) is 16.8. The van der Waals surface area contributed by atoms with Crippen LogP contribution in [0.3, 0.4) is 0 Å². The van der Waals surface area contributed by atoms with Crippen molar-refractivity contribution >= 4 is 17.7 Å². The molecule has 7 heteroatoms. The van der Waals surface area contributed by atoms with Crippen LogP contribution in [-0.2, 0) is 9.47 Å². The first-order valence-corrected chi connectivity index (χ1v) is 9.16. The fourth-order valence-corrected chi connectivity index (χ4v) is 3.22. The van der Waals surface area contributed by atoms with Gasteiger partial charge in [-0.3, -0.25) is 4.79 Å². The SMILES string of the molecule is COC(=O)c1ccc(-n2c(C)cc(C(=O)COC(=O)c3ccccc3F)c2C)cc1. The molecule has 3 aromatic rings. The molecule has 1 aromatic heterocycles. The van der Waals surface area contributed by atoms with Crippen molar-refractivity contribution in [3.05, 3.63) is 88.5 Å². The van der Waals surface area contributed by atoms with Crippen LogP contribution in [-0.4, -0.2) is 36.0 Å². The third-order valence-corrected chi connectivity index (χ3v) is 4.71. The van der Waals surface area contributed by atoms with E-state index in [2.05, 4.69) is 0 Å². The number of ketones is 1. The number of methoxy groups -OCH3 is 1. The van der Waals surface area contributed by atoms with E-state index in [1.807, 2.05) is 11.5 Å². The van der Waals surface area contributed by atoms with Crippen LogP contribution in [0.25, 0.3) is 5.69 Å². The number of carbonyl (C=O) groups excluding carboxylic acids is 3. The second-order valence-corrected chi connectivity index (χ2v) is 6.64. The number of Topliss-reactive ketones (excluding diaryl/α,β-unsaturated/α-hetero) is 1. The highest BCUT2D eigenvalue weighted by molar-refractivity contribution is 6.00. The number of esters is 2. The number of aryl methyl sites for hydroxylation is 1. The number of rotatable bonds is 6. The van der Waals surface area contributed by atoms with Crippen molar-refractivity contribution in [3.63, 3.8) is 0 Å². The number of hydrogen-bond acceptors (Lipinski definition) is 5. The van der Waals surface area contributed by atoms with Gasteiger partial charge in [0.15, 0.2) is 6.61 Å². The number of benzene rings is 2. The van der Waals surface area contributed by atoms with Gasteiger partial charge in [-0.25, -0.2) is 14.0 Å². The molecule has 0 spiro atoms. The topological polar surface area (TPSA) is 74.6 Å². The van der Waals surface area contributed by atoms with Crippen LogP contribution in [0.15, 0.2) is 54.6 Å². The summed E-state index contributed by atoms with van der Waals surface area (Å²) in [5.41, 5.74) is 2.81. The molecule has 0 aliphatic carbocycles. The van der Waals surface area contributed by atoms with E-state index in [0.29, 0.717) is 16.8 Å². The highest BCUT2D eigenvalue weighted by Gasteiger charge is 2.20. The van der Waals surface area contributed by atoms with Gasteiger partial charge in [0, 0.05) is 22.6 Å². The normalized spacial score (nSPS) is 10.5. The maximum atomic E-state index is 13.7. The summed E-state index contributed by atoms with van der Waals surface area (Å²) >= 11 is 0. The van der Waals surface area contributed by atoms with Crippen LogP contribution in [0.1, 0.15) is 42.5 Å². The maximum Gasteiger partial charge on any atom is 0.341 e. The zero-order valence-corrected chi connectivity index (χ0v) is 16.8. The lowest BCUT2D eigenvalue weighted by Crippen LogP contribution is -2.16. The highest BCUT2D eigenvalue weighted by Crippen LogP contribution is 2.22. The van der Waals surface area contributed by atoms with Gasteiger partial charge < -0.3 is 14.0 Å². The molecule has 0 radical (unpaired) electrons. The fourth-order valence-electron chi connectivity index (χ4n) is 3.22. The molecule has 0 atom stereocenters. The highest BCUT2D eigenvalue weighted by atomic mass is 19.1. The van der Waals surface area contributed by atoms with Crippen LogP contribution >= 0.6 is 0 Å². The van der Waals surface area contributed by atoms with Gasteiger partial charge in [-0.15, -0.1) is 0 Å². The lowest BCUT2D eigenvalue weighted by atomic mass is 10.1. The Bertz CT molecular complexity index is 1120. The van der Waals surface area contributed by atoms with E-state index in [-0.39, 0.29) is 5.56 Å². The molecular formula is C23H20FNO5. The largest absolute Gasteiger partial charge is 0.465 e. The Labute approximate surface area is 172 Å². The molecule has 2 aromatic carbocycles. The number of ether oxygens (including phenoxy) is 2. The van der Waals surface area contributed by atoms with Crippen molar-refractivity contribution < 1.29 is 28.2 Å². The quantitative estimate of drug-likeness (QED) is 0.453. The summed E-state index contributed by atoms with van der Waals surface area (Å²) in [7, 11) is 1.31. The average molecular weight is 409 g/mol. The van der Waals surface area contributed by atoms with E-state index < -0.39 is 30.1 Å². The van der Waals surface area contributed by atoms with E-state index in [9.17, 15) is 18.8 Å². The van der Waals surface area contributed by atoms with Crippen molar-refractivity contribution in [2.24, 2.45) is 0 Å². The fraction of sp³-hybridized carbons (Fsp3) is 0.174. The van der Waals surface area contributed by atoms with Crippen molar-refractivity contribution in [2.45, 2.75) is 13.8 Å². The minimum atomic E-state index is -0.895. The predicted molar refractivity (Wildman–Crippen MR) is 108 cm³/mol. The number of nitrogens with zero attached hydrogens (tertiary/aromatic N) is 1. The van der Waals surface area contributed by atoms with E-state index >= 15 is 0 Å². The Morgan fingerprint density at radius 1 is 0.933 bits per heavy atom. The first-order chi connectivity index (χ1) is 14.3. The van der Waals surface area contributed by atoms with E-state index in [0.717, 1.165) is 17.4 Å². The molecule has 0 saturated carbocycles. The predicted octanol–water partition coefficient (Wildman–Crippen LogP) is 4.06. The first-order valence-electron chi connectivity index (χ1n) is 9.16.